The normalized spacial score (nSPS) is 11.5. The van der Waals surface area contributed by atoms with E-state index in [9.17, 15) is 0 Å². The van der Waals surface area contributed by atoms with Gasteiger partial charge < -0.3 is 0 Å². The van der Waals surface area contributed by atoms with Gasteiger partial charge in [0.1, 0.15) is 12.1 Å². The smallest absolute Gasteiger partial charge is 0.140 e. The Morgan fingerprint density at radius 1 is 0.667 bits per heavy atom. The third-order valence-electron chi connectivity index (χ3n) is 5.64. The molecule has 0 radical (unpaired) electrons. The Morgan fingerprint density at radius 3 is 2.13 bits per heavy atom. The molecule has 5 aromatic carbocycles. The molecule has 0 spiro atoms. The summed E-state index contributed by atoms with van der Waals surface area (Å²) in [5, 5.41) is 7.48. The standard InChI is InChI=1S/C26H16BrN3/c27-22-12-8-17-7-11-21-23(13-9-18-6-10-20(22)25(17)26(18)21)30(19-4-2-1-3-5-19)24-14-15-28-16-29-24/h1-16H. The van der Waals surface area contributed by atoms with Gasteiger partial charge in [0, 0.05) is 21.7 Å². The second-order valence-electron chi connectivity index (χ2n) is 7.29. The summed E-state index contributed by atoms with van der Waals surface area (Å²) in [5.41, 5.74) is 2.16. The number of aromatic nitrogens is 2. The van der Waals surface area contributed by atoms with Crippen molar-refractivity contribution in [2.24, 2.45) is 0 Å². The molecule has 0 amide bonds. The van der Waals surface area contributed by atoms with E-state index in [-0.39, 0.29) is 0 Å². The first-order valence-corrected chi connectivity index (χ1v) is 10.6. The van der Waals surface area contributed by atoms with Crippen LogP contribution in [0.3, 0.4) is 0 Å². The van der Waals surface area contributed by atoms with Gasteiger partial charge in [-0.2, -0.15) is 0 Å². The zero-order valence-electron chi connectivity index (χ0n) is 16.0. The van der Waals surface area contributed by atoms with Crippen molar-refractivity contribution in [3.63, 3.8) is 0 Å². The van der Waals surface area contributed by atoms with Crippen LogP contribution in [0.4, 0.5) is 17.2 Å². The maximum Gasteiger partial charge on any atom is 0.140 e. The van der Waals surface area contributed by atoms with Gasteiger partial charge in [0.2, 0.25) is 0 Å². The third kappa shape index (κ3) is 2.57. The Kier molecular flexibility index (Phi) is 3.93. The molecule has 6 aromatic rings. The highest BCUT2D eigenvalue weighted by Gasteiger charge is 2.19. The van der Waals surface area contributed by atoms with Crippen molar-refractivity contribution in [2.75, 3.05) is 4.90 Å². The van der Waals surface area contributed by atoms with Gasteiger partial charge in [-0.1, -0.05) is 70.5 Å². The summed E-state index contributed by atoms with van der Waals surface area (Å²) in [6.07, 6.45) is 3.38. The number of anilines is 3. The van der Waals surface area contributed by atoms with Crippen LogP contribution >= 0.6 is 15.9 Å². The van der Waals surface area contributed by atoms with Gasteiger partial charge >= 0.3 is 0 Å². The van der Waals surface area contributed by atoms with Gasteiger partial charge in [0.05, 0.1) is 5.69 Å². The molecule has 4 heteroatoms. The summed E-state index contributed by atoms with van der Waals surface area (Å²) in [7, 11) is 0. The molecule has 0 fully saturated rings. The molecule has 0 saturated carbocycles. The fourth-order valence-corrected chi connectivity index (χ4v) is 4.80. The molecule has 0 atom stereocenters. The topological polar surface area (TPSA) is 29.0 Å². The van der Waals surface area contributed by atoms with Gasteiger partial charge in [0.25, 0.3) is 0 Å². The predicted molar refractivity (Wildman–Crippen MR) is 128 cm³/mol. The van der Waals surface area contributed by atoms with E-state index in [1.54, 1.807) is 12.5 Å². The Balaban J connectivity index is 1.73. The molecule has 1 aromatic heterocycles. The van der Waals surface area contributed by atoms with Crippen molar-refractivity contribution in [3.05, 3.63) is 102 Å². The van der Waals surface area contributed by atoms with Crippen molar-refractivity contribution in [2.45, 2.75) is 0 Å². The van der Waals surface area contributed by atoms with Crippen LogP contribution in [0.5, 0.6) is 0 Å². The van der Waals surface area contributed by atoms with E-state index >= 15 is 0 Å². The van der Waals surface area contributed by atoms with Crippen molar-refractivity contribution >= 4 is 65.4 Å². The molecule has 30 heavy (non-hydrogen) atoms. The van der Waals surface area contributed by atoms with E-state index in [4.69, 9.17) is 0 Å². The number of para-hydroxylation sites is 1. The lowest BCUT2D eigenvalue weighted by Gasteiger charge is -2.26. The van der Waals surface area contributed by atoms with E-state index in [2.05, 4.69) is 104 Å². The van der Waals surface area contributed by atoms with E-state index < -0.39 is 0 Å². The molecule has 1 heterocycles. The Morgan fingerprint density at radius 2 is 1.37 bits per heavy atom. The highest BCUT2D eigenvalue weighted by molar-refractivity contribution is 9.10. The van der Waals surface area contributed by atoms with Gasteiger partial charge in [-0.05, 0) is 57.3 Å². The predicted octanol–water partition coefficient (Wildman–Crippen LogP) is 7.61. The Labute approximate surface area is 182 Å². The molecule has 6 rings (SSSR count). The van der Waals surface area contributed by atoms with E-state index in [0.29, 0.717) is 0 Å². The van der Waals surface area contributed by atoms with Crippen molar-refractivity contribution in [1.82, 2.24) is 9.97 Å². The maximum atomic E-state index is 4.56. The molecule has 0 saturated heterocycles. The number of rotatable bonds is 3. The first kappa shape index (κ1) is 17.4. The molecule has 142 valence electrons. The molecule has 0 N–H and O–H groups in total. The summed E-state index contributed by atoms with van der Waals surface area (Å²) in [6.45, 7) is 0. The fraction of sp³-hybridized carbons (Fsp3) is 0. The minimum Gasteiger partial charge on any atom is -0.294 e. The lowest BCUT2D eigenvalue weighted by Crippen LogP contribution is -2.12. The van der Waals surface area contributed by atoms with Crippen LogP contribution in [-0.4, -0.2) is 9.97 Å². The second kappa shape index (κ2) is 6.78. The van der Waals surface area contributed by atoms with Crippen molar-refractivity contribution in [1.29, 1.82) is 0 Å². The zero-order chi connectivity index (χ0) is 20.1. The van der Waals surface area contributed by atoms with Crippen molar-refractivity contribution < 1.29 is 0 Å². The Hall–Kier alpha value is -3.50. The third-order valence-corrected chi connectivity index (χ3v) is 6.33. The molecule has 0 unspecified atom stereocenters. The average Bonchev–Trinajstić information content (AvgIpc) is 2.81. The van der Waals surface area contributed by atoms with Crippen LogP contribution in [0.15, 0.2) is 102 Å². The van der Waals surface area contributed by atoms with E-state index in [0.717, 1.165) is 21.7 Å². The van der Waals surface area contributed by atoms with E-state index in [1.807, 2.05) is 12.1 Å². The summed E-state index contributed by atoms with van der Waals surface area (Å²) in [4.78, 5) is 10.9. The molecule has 0 aliphatic carbocycles. The number of halogens is 1. The summed E-state index contributed by atoms with van der Waals surface area (Å²) >= 11 is 3.73. The van der Waals surface area contributed by atoms with Crippen LogP contribution < -0.4 is 4.90 Å². The van der Waals surface area contributed by atoms with Crippen LogP contribution in [0, 0.1) is 0 Å². The molecular weight excluding hydrogens is 434 g/mol. The quantitative estimate of drug-likeness (QED) is 0.260. The maximum absolute atomic E-state index is 4.56. The van der Waals surface area contributed by atoms with Gasteiger partial charge in [-0.3, -0.25) is 4.90 Å². The van der Waals surface area contributed by atoms with Crippen molar-refractivity contribution in [3.8, 4) is 0 Å². The van der Waals surface area contributed by atoms with Crippen LogP contribution in [0.25, 0.3) is 32.3 Å². The Bertz CT molecular complexity index is 1460. The summed E-state index contributed by atoms with van der Waals surface area (Å²) < 4.78 is 1.12. The van der Waals surface area contributed by atoms with Gasteiger partial charge in [0.15, 0.2) is 0 Å². The van der Waals surface area contributed by atoms with Gasteiger partial charge in [-0.15, -0.1) is 0 Å². The van der Waals surface area contributed by atoms with Crippen LogP contribution in [0.1, 0.15) is 0 Å². The molecule has 0 bridgehead atoms. The number of hydrogen-bond donors (Lipinski definition) is 0. The summed E-state index contributed by atoms with van der Waals surface area (Å²) in [5.74, 6) is 0.840. The molecule has 0 aliphatic heterocycles. The van der Waals surface area contributed by atoms with Crippen LogP contribution in [-0.2, 0) is 0 Å². The second-order valence-corrected chi connectivity index (χ2v) is 8.15. The lowest BCUT2D eigenvalue weighted by atomic mass is 9.93. The fourth-order valence-electron chi connectivity index (χ4n) is 4.33. The number of hydrogen-bond acceptors (Lipinski definition) is 3. The number of nitrogens with zero attached hydrogens (tertiary/aromatic N) is 3. The lowest BCUT2D eigenvalue weighted by molar-refractivity contribution is 1.11. The van der Waals surface area contributed by atoms with Gasteiger partial charge in [-0.25, -0.2) is 9.97 Å². The first-order valence-electron chi connectivity index (χ1n) is 9.78. The minimum absolute atomic E-state index is 0.840. The zero-order valence-corrected chi connectivity index (χ0v) is 17.5. The van der Waals surface area contributed by atoms with Crippen LogP contribution in [0.2, 0.25) is 0 Å². The number of benzene rings is 5. The minimum atomic E-state index is 0.840. The highest BCUT2D eigenvalue weighted by Crippen LogP contribution is 2.44. The largest absolute Gasteiger partial charge is 0.294 e. The average molecular weight is 450 g/mol. The molecule has 3 nitrogen and oxygen atoms in total. The SMILES string of the molecule is Brc1ccc2ccc3c(N(c4ccccc4)c4ccncn4)ccc4ccc1c2c43. The molecule has 0 aliphatic rings. The monoisotopic (exact) mass is 449 g/mol. The summed E-state index contributed by atoms with van der Waals surface area (Å²) in [6, 6.07) is 29.8. The van der Waals surface area contributed by atoms with E-state index in [1.165, 1.54) is 32.3 Å². The molecular formula is C26H16BrN3. The highest BCUT2D eigenvalue weighted by atomic mass is 79.9. The first-order chi connectivity index (χ1) is 14.8.